The van der Waals surface area contributed by atoms with Crippen molar-refractivity contribution < 1.29 is 4.79 Å². The largest absolute Gasteiger partial charge is 0.356 e. The van der Waals surface area contributed by atoms with Gasteiger partial charge in [-0.15, -0.1) is 11.8 Å². The SMILES string of the molecule is Cc1nc(C)c(C#N)c(SCCCNC(=O)C2CCCC2)n1. The summed E-state index contributed by atoms with van der Waals surface area (Å²) in [6, 6.07) is 2.17. The van der Waals surface area contributed by atoms with Gasteiger partial charge in [0, 0.05) is 18.2 Å². The van der Waals surface area contributed by atoms with Crippen molar-refractivity contribution in [3.63, 3.8) is 0 Å². The van der Waals surface area contributed by atoms with E-state index in [0.717, 1.165) is 35.7 Å². The number of carbonyl (C=O) groups excluding carboxylic acids is 1. The Hall–Kier alpha value is -1.61. The zero-order chi connectivity index (χ0) is 15.9. The van der Waals surface area contributed by atoms with Gasteiger partial charge in [0.05, 0.1) is 5.69 Å². The van der Waals surface area contributed by atoms with Gasteiger partial charge in [-0.3, -0.25) is 4.79 Å². The maximum Gasteiger partial charge on any atom is 0.223 e. The molecule has 1 saturated carbocycles. The number of nitriles is 1. The topological polar surface area (TPSA) is 78.7 Å². The van der Waals surface area contributed by atoms with Crippen LogP contribution >= 0.6 is 11.8 Å². The first-order chi connectivity index (χ1) is 10.6. The van der Waals surface area contributed by atoms with Crippen LogP contribution in [0, 0.1) is 31.1 Å². The molecule has 0 radical (unpaired) electrons. The van der Waals surface area contributed by atoms with E-state index in [1.165, 1.54) is 12.8 Å². The van der Waals surface area contributed by atoms with Crippen molar-refractivity contribution in [3.8, 4) is 6.07 Å². The van der Waals surface area contributed by atoms with Gasteiger partial charge in [0.1, 0.15) is 22.5 Å². The molecule has 0 aromatic carbocycles. The second-order valence-electron chi connectivity index (χ2n) is 5.62. The molecule has 1 aliphatic rings. The van der Waals surface area contributed by atoms with Gasteiger partial charge in [-0.05, 0) is 33.1 Å². The molecule has 0 saturated heterocycles. The maximum atomic E-state index is 11.9. The lowest BCUT2D eigenvalue weighted by Gasteiger charge is -2.10. The van der Waals surface area contributed by atoms with E-state index in [1.807, 2.05) is 13.8 Å². The van der Waals surface area contributed by atoms with Crippen LogP contribution in [-0.2, 0) is 4.79 Å². The average Bonchev–Trinajstić information content (AvgIpc) is 3.00. The third kappa shape index (κ3) is 4.44. The predicted octanol–water partition coefficient (Wildman–Crippen LogP) is 2.75. The molecule has 1 amide bonds. The van der Waals surface area contributed by atoms with Crippen LogP contribution in [0.1, 0.15) is 49.2 Å². The predicted molar refractivity (Wildman–Crippen MR) is 86.5 cm³/mol. The Bertz CT molecular complexity index is 576. The van der Waals surface area contributed by atoms with E-state index in [0.29, 0.717) is 17.9 Å². The minimum Gasteiger partial charge on any atom is -0.356 e. The maximum absolute atomic E-state index is 11.9. The fraction of sp³-hybridized carbons (Fsp3) is 0.625. The number of aryl methyl sites for hydroxylation is 2. The number of rotatable bonds is 6. The Balaban J connectivity index is 1.75. The van der Waals surface area contributed by atoms with Gasteiger partial charge in [0.25, 0.3) is 0 Å². The van der Waals surface area contributed by atoms with E-state index in [-0.39, 0.29) is 11.8 Å². The van der Waals surface area contributed by atoms with Crippen molar-refractivity contribution in [2.45, 2.75) is 51.0 Å². The first-order valence-electron chi connectivity index (χ1n) is 7.77. The Morgan fingerprint density at radius 2 is 2.09 bits per heavy atom. The Morgan fingerprint density at radius 1 is 1.36 bits per heavy atom. The molecule has 0 atom stereocenters. The van der Waals surface area contributed by atoms with Crippen LogP contribution < -0.4 is 5.32 Å². The lowest BCUT2D eigenvalue weighted by molar-refractivity contribution is -0.124. The van der Waals surface area contributed by atoms with Crippen molar-refractivity contribution in [2.75, 3.05) is 12.3 Å². The molecule has 0 spiro atoms. The summed E-state index contributed by atoms with van der Waals surface area (Å²) in [5.74, 6) is 1.95. The van der Waals surface area contributed by atoms with E-state index in [4.69, 9.17) is 0 Å². The van der Waals surface area contributed by atoms with Gasteiger partial charge in [0.15, 0.2) is 0 Å². The number of hydrogen-bond acceptors (Lipinski definition) is 5. The van der Waals surface area contributed by atoms with Crippen molar-refractivity contribution in [2.24, 2.45) is 5.92 Å². The summed E-state index contributed by atoms with van der Waals surface area (Å²) in [5.41, 5.74) is 1.29. The highest BCUT2D eigenvalue weighted by Crippen LogP contribution is 2.25. The van der Waals surface area contributed by atoms with Crippen LogP contribution in [0.25, 0.3) is 0 Å². The smallest absolute Gasteiger partial charge is 0.223 e. The number of carbonyl (C=O) groups is 1. The van der Waals surface area contributed by atoms with E-state index < -0.39 is 0 Å². The number of nitrogens with one attached hydrogen (secondary N) is 1. The summed E-state index contributed by atoms with van der Waals surface area (Å²) in [4.78, 5) is 20.4. The van der Waals surface area contributed by atoms with Crippen molar-refractivity contribution in [1.82, 2.24) is 15.3 Å². The zero-order valence-electron chi connectivity index (χ0n) is 13.2. The van der Waals surface area contributed by atoms with Gasteiger partial charge in [-0.2, -0.15) is 5.26 Å². The molecule has 1 heterocycles. The van der Waals surface area contributed by atoms with Crippen molar-refractivity contribution in [1.29, 1.82) is 5.26 Å². The summed E-state index contributed by atoms with van der Waals surface area (Å²) in [6.07, 6.45) is 5.29. The van der Waals surface area contributed by atoms with Crippen LogP contribution in [0.5, 0.6) is 0 Å². The minimum atomic E-state index is 0.203. The summed E-state index contributed by atoms with van der Waals surface area (Å²) < 4.78 is 0. The van der Waals surface area contributed by atoms with Crippen LogP contribution in [0.15, 0.2) is 5.03 Å². The molecular formula is C16H22N4OS. The zero-order valence-corrected chi connectivity index (χ0v) is 14.0. The Kier molecular flexibility index (Phi) is 6.20. The standard InChI is InChI=1S/C16H22N4OS/c1-11-14(10-17)16(20-12(2)19-11)22-9-5-8-18-15(21)13-6-3-4-7-13/h13H,3-9H2,1-2H3,(H,18,21). The molecule has 1 fully saturated rings. The summed E-state index contributed by atoms with van der Waals surface area (Å²) >= 11 is 1.56. The molecule has 1 aromatic heterocycles. The molecule has 0 aliphatic heterocycles. The van der Waals surface area contributed by atoms with Crippen LogP contribution in [0.3, 0.4) is 0 Å². The second-order valence-corrected chi connectivity index (χ2v) is 6.71. The average molecular weight is 318 g/mol. The van der Waals surface area contributed by atoms with Gasteiger partial charge >= 0.3 is 0 Å². The molecule has 2 rings (SSSR count). The molecule has 118 valence electrons. The number of amides is 1. The lowest BCUT2D eigenvalue weighted by Crippen LogP contribution is -2.30. The normalized spacial score (nSPS) is 14.8. The van der Waals surface area contributed by atoms with Crippen LogP contribution in [-0.4, -0.2) is 28.2 Å². The van der Waals surface area contributed by atoms with Gasteiger partial charge in [-0.1, -0.05) is 12.8 Å². The van der Waals surface area contributed by atoms with Crippen LogP contribution in [0.2, 0.25) is 0 Å². The van der Waals surface area contributed by atoms with E-state index in [1.54, 1.807) is 11.8 Å². The number of aromatic nitrogens is 2. The van der Waals surface area contributed by atoms with Gasteiger partial charge in [0.2, 0.25) is 5.91 Å². The summed E-state index contributed by atoms with van der Waals surface area (Å²) in [5, 5.41) is 12.9. The van der Waals surface area contributed by atoms with Crippen molar-refractivity contribution >= 4 is 17.7 Å². The highest BCUT2D eigenvalue weighted by atomic mass is 32.2. The van der Waals surface area contributed by atoms with Crippen LogP contribution in [0.4, 0.5) is 0 Å². The fourth-order valence-corrected chi connectivity index (χ4v) is 3.72. The number of nitrogens with zero attached hydrogens (tertiary/aromatic N) is 3. The minimum absolute atomic E-state index is 0.203. The van der Waals surface area contributed by atoms with E-state index in [2.05, 4.69) is 21.4 Å². The highest BCUT2D eigenvalue weighted by Gasteiger charge is 2.21. The fourth-order valence-electron chi connectivity index (χ4n) is 2.70. The first kappa shape index (κ1) is 16.8. The number of hydrogen-bond donors (Lipinski definition) is 1. The molecule has 1 aliphatic carbocycles. The monoisotopic (exact) mass is 318 g/mol. The number of thioether (sulfide) groups is 1. The van der Waals surface area contributed by atoms with Gasteiger partial charge < -0.3 is 5.32 Å². The molecule has 0 unspecified atom stereocenters. The van der Waals surface area contributed by atoms with E-state index in [9.17, 15) is 10.1 Å². The highest BCUT2D eigenvalue weighted by molar-refractivity contribution is 7.99. The molecular weight excluding hydrogens is 296 g/mol. The molecule has 1 aromatic rings. The summed E-state index contributed by atoms with van der Waals surface area (Å²) in [7, 11) is 0. The quantitative estimate of drug-likeness (QED) is 0.496. The molecule has 5 nitrogen and oxygen atoms in total. The lowest BCUT2D eigenvalue weighted by atomic mass is 10.1. The second kappa shape index (κ2) is 8.14. The van der Waals surface area contributed by atoms with Gasteiger partial charge in [-0.25, -0.2) is 9.97 Å². The third-order valence-corrected chi connectivity index (χ3v) is 4.93. The molecule has 0 bridgehead atoms. The third-order valence-electron chi connectivity index (χ3n) is 3.87. The van der Waals surface area contributed by atoms with E-state index >= 15 is 0 Å². The molecule has 1 N–H and O–H groups in total. The Morgan fingerprint density at radius 3 is 2.77 bits per heavy atom. The molecule has 6 heteroatoms. The summed E-state index contributed by atoms with van der Waals surface area (Å²) in [6.45, 7) is 4.35. The molecule has 22 heavy (non-hydrogen) atoms. The first-order valence-corrected chi connectivity index (χ1v) is 8.76. The van der Waals surface area contributed by atoms with Crippen molar-refractivity contribution in [3.05, 3.63) is 17.1 Å². The Labute approximate surface area is 135 Å².